The molecule has 1 heterocycles. The Morgan fingerprint density at radius 3 is 2.52 bits per heavy atom. The molecule has 3 rings (SSSR count). The molecule has 2 aromatic rings. The number of carboxylic acid groups (broad SMARTS) is 1. The normalized spacial score (nSPS) is 17.2. The van der Waals surface area contributed by atoms with Gasteiger partial charge in [-0.2, -0.15) is 5.10 Å². The first kappa shape index (κ1) is 13.8. The topological polar surface area (TPSA) is 72.2 Å². The Kier molecular flexibility index (Phi) is 3.49. The molecule has 0 radical (unpaired) electrons. The molecule has 1 fully saturated rings. The molecule has 1 aliphatic carbocycles. The van der Waals surface area contributed by atoms with Gasteiger partial charge in [0, 0.05) is 5.39 Å². The van der Waals surface area contributed by atoms with Crippen molar-refractivity contribution in [2.45, 2.75) is 44.6 Å². The zero-order chi connectivity index (χ0) is 15.0. The number of hydrogen-bond donors (Lipinski definition) is 1. The third-order valence-corrected chi connectivity index (χ3v) is 4.31. The lowest BCUT2D eigenvalue weighted by atomic mass is 10.0. The second-order valence-corrected chi connectivity index (χ2v) is 5.68. The molecule has 5 nitrogen and oxygen atoms in total. The maximum atomic E-state index is 12.6. The Balaban J connectivity index is 2.27. The van der Waals surface area contributed by atoms with Crippen LogP contribution in [0.3, 0.4) is 0 Å². The Labute approximate surface area is 122 Å². The van der Waals surface area contributed by atoms with Crippen molar-refractivity contribution in [1.82, 2.24) is 9.78 Å². The van der Waals surface area contributed by atoms with Crippen molar-refractivity contribution < 1.29 is 9.90 Å². The second kappa shape index (κ2) is 5.31. The summed E-state index contributed by atoms with van der Waals surface area (Å²) in [4.78, 5) is 23.9. The van der Waals surface area contributed by atoms with Gasteiger partial charge in [0.05, 0.1) is 23.0 Å². The molecule has 5 heteroatoms. The summed E-state index contributed by atoms with van der Waals surface area (Å²) in [5, 5.41) is 14.9. The minimum atomic E-state index is -0.927. The van der Waals surface area contributed by atoms with Crippen LogP contribution in [0, 0.1) is 0 Å². The van der Waals surface area contributed by atoms with Crippen molar-refractivity contribution in [1.29, 1.82) is 0 Å². The number of carbonyl (C=O) groups is 1. The molecule has 1 aromatic carbocycles. The van der Waals surface area contributed by atoms with Gasteiger partial charge < -0.3 is 5.11 Å². The Bertz CT molecular complexity index is 745. The molecule has 0 aliphatic heterocycles. The van der Waals surface area contributed by atoms with Gasteiger partial charge in [0.15, 0.2) is 0 Å². The SMILES string of the molecule is C[C@H](C(=O)O)c1nn(C2CCCC2)c(=O)c2ccccc12. The maximum Gasteiger partial charge on any atom is 0.312 e. The van der Waals surface area contributed by atoms with Crippen LogP contribution in [0.4, 0.5) is 0 Å². The fourth-order valence-electron chi connectivity index (χ4n) is 3.06. The molecule has 110 valence electrons. The number of carboxylic acids is 1. The predicted octanol–water partition coefficient (Wildman–Crippen LogP) is 2.70. The molecule has 1 aliphatic rings. The monoisotopic (exact) mass is 286 g/mol. The highest BCUT2D eigenvalue weighted by atomic mass is 16.4. The lowest BCUT2D eigenvalue weighted by Gasteiger charge is -2.17. The number of fused-ring (bicyclic) bond motifs is 1. The average molecular weight is 286 g/mol. The zero-order valence-electron chi connectivity index (χ0n) is 12.0. The van der Waals surface area contributed by atoms with Crippen LogP contribution in [0.2, 0.25) is 0 Å². The van der Waals surface area contributed by atoms with Gasteiger partial charge in [-0.3, -0.25) is 9.59 Å². The molecule has 1 atom stereocenters. The van der Waals surface area contributed by atoms with E-state index in [1.165, 1.54) is 4.68 Å². The standard InChI is InChI=1S/C16H18N2O3/c1-10(16(20)21)14-12-8-4-5-9-13(12)15(19)18(17-14)11-6-2-3-7-11/h4-5,8-11H,2-3,6-7H2,1H3,(H,20,21)/t10-/m0/s1. The molecule has 1 N–H and O–H groups in total. The molecule has 21 heavy (non-hydrogen) atoms. The molecule has 0 bridgehead atoms. The Morgan fingerprint density at radius 1 is 1.29 bits per heavy atom. The highest BCUT2D eigenvalue weighted by Gasteiger charge is 2.25. The van der Waals surface area contributed by atoms with E-state index >= 15 is 0 Å². The van der Waals surface area contributed by atoms with E-state index in [1.54, 1.807) is 31.2 Å². The predicted molar refractivity (Wildman–Crippen MR) is 79.6 cm³/mol. The van der Waals surface area contributed by atoms with Gasteiger partial charge in [0.25, 0.3) is 5.56 Å². The summed E-state index contributed by atoms with van der Waals surface area (Å²) in [5.74, 6) is -1.66. The number of rotatable bonds is 3. The molecular weight excluding hydrogens is 268 g/mol. The highest BCUT2D eigenvalue weighted by Crippen LogP contribution is 2.29. The molecule has 0 saturated heterocycles. The number of aliphatic carboxylic acids is 1. The minimum absolute atomic E-state index is 0.0989. The molecular formula is C16H18N2O3. The van der Waals surface area contributed by atoms with Crippen LogP contribution in [-0.4, -0.2) is 20.9 Å². The Morgan fingerprint density at radius 2 is 1.90 bits per heavy atom. The largest absolute Gasteiger partial charge is 0.481 e. The fourth-order valence-corrected chi connectivity index (χ4v) is 3.06. The lowest BCUT2D eigenvalue weighted by Crippen LogP contribution is -2.29. The van der Waals surface area contributed by atoms with E-state index < -0.39 is 11.9 Å². The summed E-state index contributed by atoms with van der Waals surface area (Å²) >= 11 is 0. The van der Waals surface area contributed by atoms with Crippen LogP contribution >= 0.6 is 0 Å². The highest BCUT2D eigenvalue weighted by molar-refractivity contribution is 5.88. The van der Waals surface area contributed by atoms with E-state index in [1.807, 2.05) is 0 Å². The van der Waals surface area contributed by atoms with Gasteiger partial charge in [-0.15, -0.1) is 0 Å². The first-order valence-corrected chi connectivity index (χ1v) is 7.34. The summed E-state index contributed by atoms with van der Waals surface area (Å²) < 4.78 is 1.52. The van der Waals surface area contributed by atoms with Crippen molar-refractivity contribution in [3.8, 4) is 0 Å². The van der Waals surface area contributed by atoms with Crippen LogP contribution in [-0.2, 0) is 4.79 Å². The van der Waals surface area contributed by atoms with E-state index in [0.717, 1.165) is 25.7 Å². The summed E-state index contributed by atoms with van der Waals surface area (Å²) in [6, 6.07) is 7.24. The van der Waals surface area contributed by atoms with Gasteiger partial charge in [0.1, 0.15) is 0 Å². The fraction of sp³-hybridized carbons (Fsp3) is 0.438. The van der Waals surface area contributed by atoms with Gasteiger partial charge in [-0.25, -0.2) is 4.68 Å². The third-order valence-electron chi connectivity index (χ3n) is 4.31. The van der Waals surface area contributed by atoms with Crippen LogP contribution < -0.4 is 5.56 Å². The molecule has 0 spiro atoms. The molecule has 1 saturated carbocycles. The van der Waals surface area contributed by atoms with Crippen molar-refractivity contribution in [3.63, 3.8) is 0 Å². The Hall–Kier alpha value is -2.17. The first-order valence-electron chi connectivity index (χ1n) is 7.34. The van der Waals surface area contributed by atoms with Crippen LogP contribution in [0.15, 0.2) is 29.1 Å². The lowest BCUT2D eigenvalue weighted by molar-refractivity contribution is -0.138. The number of hydrogen-bond acceptors (Lipinski definition) is 3. The van der Waals surface area contributed by atoms with E-state index in [9.17, 15) is 14.7 Å². The van der Waals surface area contributed by atoms with Crippen molar-refractivity contribution in [3.05, 3.63) is 40.3 Å². The quantitative estimate of drug-likeness (QED) is 0.941. The summed E-state index contributed by atoms with van der Waals surface area (Å²) in [6.45, 7) is 1.61. The van der Waals surface area contributed by atoms with Gasteiger partial charge >= 0.3 is 5.97 Å². The molecule has 0 unspecified atom stereocenters. The van der Waals surface area contributed by atoms with Gasteiger partial charge in [-0.05, 0) is 25.8 Å². The van der Waals surface area contributed by atoms with Crippen molar-refractivity contribution in [2.24, 2.45) is 0 Å². The van der Waals surface area contributed by atoms with Crippen LogP contribution in [0.1, 0.15) is 50.3 Å². The first-order chi connectivity index (χ1) is 10.1. The van der Waals surface area contributed by atoms with Crippen molar-refractivity contribution in [2.75, 3.05) is 0 Å². The number of benzene rings is 1. The van der Waals surface area contributed by atoms with Crippen LogP contribution in [0.25, 0.3) is 10.8 Å². The summed E-state index contributed by atoms with van der Waals surface area (Å²) in [6.07, 6.45) is 4.06. The molecule has 0 amide bonds. The summed E-state index contributed by atoms with van der Waals surface area (Å²) in [7, 11) is 0. The molecule has 1 aromatic heterocycles. The summed E-state index contributed by atoms with van der Waals surface area (Å²) in [5.41, 5.74) is 0.364. The van der Waals surface area contributed by atoms with E-state index in [0.29, 0.717) is 16.5 Å². The number of nitrogens with zero attached hydrogens (tertiary/aromatic N) is 2. The number of aromatic nitrogens is 2. The minimum Gasteiger partial charge on any atom is -0.481 e. The average Bonchev–Trinajstić information content (AvgIpc) is 3.01. The van der Waals surface area contributed by atoms with Gasteiger partial charge in [-0.1, -0.05) is 31.0 Å². The second-order valence-electron chi connectivity index (χ2n) is 5.68. The van der Waals surface area contributed by atoms with Crippen LogP contribution in [0.5, 0.6) is 0 Å². The smallest absolute Gasteiger partial charge is 0.312 e. The maximum absolute atomic E-state index is 12.6. The third kappa shape index (κ3) is 2.33. The zero-order valence-corrected chi connectivity index (χ0v) is 12.0. The van der Waals surface area contributed by atoms with Gasteiger partial charge in [0.2, 0.25) is 0 Å². The van der Waals surface area contributed by atoms with E-state index in [-0.39, 0.29) is 11.6 Å². The van der Waals surface area contributed by atoms with Crippen molar-refractivity contribution >= 4 is 16.7 Å². The van der Waals surface area contributed by atoms with E-state index in [4.69, 9.17) is 0 Å². The van der Waals surface area contributed by atoms with E-state index in [2.05, 4.69) is 5.10 Å².